The molecule has 51 valence electrons. The molecule has 1 aliphatic rings. The van der Waals surface area contributed by atoms with E-state index >= 15 is 0 Å². The summed E-state index contributed by atoms with van der Waals surface area (Å²) in [6.07, 6.45) is 7.09. The van der Waals surface area contributed by atoms with Gasteiger partial charge in [0.05, 0.1) is 0 Å². The highest BCUT2D eigenvalue weighted by atomic mass is 35.6. The molecule has 0 bridgehead atoms. The summed E-state index contributed by atoms with van der Waals surface area (Å²) < 4.78 is 0. The Morgan fingerprint density at radius 1 is 1.56 bits per heavy atom. The first kappa shape index (κ1) is 7.36. The fourth-order valence-electron chi connectivity index (χ4n) is 1.24. The van der Waals surface area contributed by atoms with Crippen LogP contribution in [0.2, 0.25) is 12.6 Å². The van der Waals surface area contributed by atoms with Crippen LogP contribution in [0.15, 0.2) is 12.2 Å². The first-order valence-corrected chi connectivity index (χ1v) is 6.64. The number of hydrogen-bond donors (Lipinski definition) is 0. The lowest BCUT2D eigenvalue weighted by atomic mass is 10.1. The second-order valence-corrected chi connectivity index (χ2v) is 6.39. The summed E-state index contributed by atoms with van der Waals surface area (Å²) in [5.41, 5.74) is 0. The van der Waals surface area contributed by atoms with Crippen molar-refractivity contribution in [1.82, 2.24) is 0 Å². The van der Waals surface area contributed by atoms with Crippen LogP contribution >= 0.6 is 11.1 Å². The average Bonchev–Trinajstić information content (AvgIpc) is 2.15. The molecule has 1 radical (unpaired) electrons. The average molecular weight is 160 g/mol. The molecule has 0 aromatic carbocycles. The lowest BCUT2D eigenvalue weighted by molar-refractivity contribution is 0.633. The number of rotatable bonds is 2. The van der Waals surface area contributed by atoms with Crippen molar-refractivity contribution in [2.75, 3.05) is 0 Å². The molecule has 0 saturated carbocycles. The first-order valence-electron chi connectivity index (χ1n) is 3.42. The predicted octanol–water partition coefficient (Wildman–Crippen LogP) is 2.81. The second kappa shape index (κ2) is 3.42. The van der Waals surface area contributed by atoms with Gasteiger partial charge in [-0.05, 0) is 24.8 Å². The molecule has 1 aliphatic carbocycles. The summed E-state index contributed by atoms with van der Waals surface area (Å²) in [5, 5.41) is 0. The van der Waals surface area contributed by atoms with Crippen molar-refractivity contribution < 1.29 is 0 Å². The minimum Gasteiger partial charge on any atom is -0.169 e. The molecule has 0 nitrogen and oxygen atoms in total. The Morgan fingerprint density at radius 2 is 2.11 bits per heavy atom. The van der Waals surface area contributed by atoms with Gasteiger partial charge in [-0.15, -0.1) is 0 Å². The molecule has 0 atom stereocenters. The van der Waals surface area contributed by atoms with Gasteiger partial charge in [-0.1, -0.05) is 18.7 Å². The SMILES string of the molecule is C[Si](Cl)CC1CC=CC1. The van der Waals surface area contributed by atoms with Crippen LogP contribution in [0.5, 0.6) is 0 Å². The van der Waals surface area contributed by atoms with Gasteiger partial charge in [0, 0.05) is 0 Å². The number of hydrogen-bond acceptors (Lipinski definition) is 0. The van der Waals surface area contributed by atoms with Crippen LogP contribution in [0.1, 0.15) is 12.8 Å². The molecule has 1 rings (SSSR count). The fraction of sp³-hybridized carbons (Fsp3) is 0.714. The molecule has 0 unspecified atom stereocenters. The minimum absolute atomic E-state index is 0.485. The van der Waals surface area contributed by atoms with Crippen LogP contribution in [0.25, 0.3) is 0 Å². The zero-order valence-corrected chi connectivity index (χ0v) is 7.49. The maximum Gasteiger partial charge on any atom is 0.162 e. The van der Waals surface area contributed by atoms with E-state index in [0.717, 1.165) is 5.92 Å². The monoisotopic (exact) mass is 159 g/mol. The standard InChI is InChI=1S/C7H12ClSi/c1-9(8)6-7-4-2-3-5-7/h2-3,7H,4-6H2,1H3. The lowest BCUT2D eigenvalue weighted by Crippen LogP contribution is -2.03. The molecule has 0 amide bonds. The molecule has 0 saturated heterocycles. The highest BCUT2D eigenvalue weighted by Crippen LogP contribution is 2.23. The summed E-state index contributed by atoms with van der Waals surface area (Å²) in [6, 6.07) is 1.28. The van der Waals surface area contributed by atoms with Crippen molar-refractivity contribution in [3.63, 3.8) is 0 Å². The van der Waals surface area contributed by atoms with Gasteiger partial charge in [0.2, 0.25) is 0 Å². The van der Waals surface area contributed by atoms with Gasteiger partial charge in [-0.25, -0.2) is 0 Å². The predicted molar refractivity (Wildman–Crippen MR) is 44.1 cm³/mol. The molecule has 0 aromatic heterocycles. The smallest absolute Gasteiger partial charge is 0.162 e. The Hall–Kier alpha value is 0.247. The molecular formula is C7H12ClSi. The summed E-state index contributed by atoms with van der Waals surface area (Å²) in [6.45, 7) is 2.17. The zero-order chi connectivity index (χ0) is 6.69. The van der Waals surface area contributed by atoms with Crippen LogP contribution in [-0.4, -0.2) is 8.11 Å². The summed E-state index contributed by atoms with van der Waals surface area (Å²) in [7, 11) is -0.485. The third-order valence-corrected chi connectivity index (χ3v) is 3.28. The fourth-order valence-corrected chi connectivity index (χ4v) is 3.02. The second-order valence-electron chi connectivity index (χ2n) is 2.69. The van der Waals surface area contributed by atoms with Crippen LogP contribution in [-0.2, 0) is 0 Å². The van der Waals surface area contributed by atoms with Crippen LogP contribution < -0.4 is 0 Å². The molecule has 0 N–H and O–H groups in total. The third-order valence-electron chi connectivity index (χ3n) is 1.68. The number of allylic oxidation sites excluding steroid dienone is 2. The van der Waals surface area contributed by atoms with Crippen molar-refractivity contribution in [2.45, 2.75) is 25.4 Å². The van der Waals surface area contributed by atoms with E-state index < -0.39 is 8.11 Å². The largest absolute Gasteiger partial charge is 0.169 e. The van der Waals surface area contributed by atoms with Gasteiger partial charge in [-0.3, -0.25) is 0 Å². The van der Waals surface area contributed by atoms with Crippen LogP contribution in [0.4, 0.5) is 0 Å². The Bertz CT molecular complexity index is 101. The van der Waals surface area contributed by atoms with Crippen LogP contribution in [0.3, 0.4) is 0 Å². The van der Waals surface area contributed by atoms with Crippen molar-refractivity contribution in [1.29, 1.82) is 0 Å². The zero-order valence-electron chi connectivity index (χ0n) is 5.73. The molecule has 0 heterocycles. The normalized spacial score (nSPS) is 19.9. The van der Waals surface area contributed by atoms with Crippen molar-refractivity contribution in [2.24, 2.45) is 5.92 Å². The Balaban J connectivity index is 2.14. The molecule has 0 aromatic rings. The number of halogens is 1. The first-order chi connectivity index (χ1) is 4.29. The van der Waals surface area contributed by atoms with E-state index in [4.69, 9.17) is 11.1 Å². The van der Waals surface area contributed by atoms with Gasteiger partial charge in [0.25, 0.3) is 0 Å². The molecular weight excluding hydrogens is 148 g/mol. The topological polar surface area (TPSA) is 0 Å². The minimum atomic E-state index is -0.485. The molecule has 0 spiro atoms. The van der Waals surface area contributed by atoms with Gasteiger partial charge >= 0.3 is 0 Å². The highest BCUT2D eigenvalue weighted by molar-refractivity contribution is 7.06. The van der Waals surface area contributed by atoms with E-state index in [-0.39, 0.29) is 0 Å². The molecule has 2 heteroatoms. The third kappa shape index (κ3) is 2.54. The van der Waals surface area contributed by atoms with E-state index in [0.29, 0.717) is 0 Å². The maximum atomic E-state index is 5.93. The lowest BCUT2D eigenvalue weighted by Gasteiger charge is -2.07. The van der Waals surface area contributed by atoms with E-state index in [1.54, 1.807) is 0 Å². The Kier molecular flexibility index (Phi) is 2.80. The molecule has 9 heavy (non-hydrogen) atoms. The van der Waals surface area contributed by atoms with Gasteiger partial charge in [0.15, 0.2) is 8.11 Å². The molecule has 0 aliphatic heterocycles. The van der Waals surface area contributed by atoms with Crippen LogP contribution in [0, 0.1) is 5.92 Å². The van der Waals surface area contributed by atoms with Crippen molar-refractivity contribution >= 4 is 19.2 Å². The van der Waals surface area contributed by atoms with Gasteiger partial charge < -0.3 is 0 Å². The van der Waals surface area contributed by atoms with E-state index in [9.17, 15) is 0 Å². The van der Waals surface area contributed by atoms with Gasteiger partial charge in [-0.2, -0.15) is 11.1 Å². The quantitative estimate of drug-likeness (QED) is 0.330. The van der Waals surface area contributed by atoms with Gasteiger partial charge in [0.1, 0.15) is 0 Å². The van der Waals surface area contributed by atoms with Crippen molar-refractivity contribution in [3.05, 3.63) is 12.2 Å². The molecule has 0 fully saturated rings. The summed E-state index contributed by atoms with van der Waals surface area (Å²) in [4.78, 5) is 0. The maximum absolute atomic E-state index is 5.93. The summed E-state index contributed by atoms with van der Waals surface area (Å²) in [5.74, 6) is 0.890. The Labute approximate surface area is 63.2 Å². The Morgan fingerprint density at radius 3 is 2.56 bits per heavy atom. The van der Waals surface area contributed by atoms with Crippen molar-refractivity contribution in [3.8, 4) is 0 Å². The van der Waals surface area contributed by atoms with E-state index in [1.165, 1.54) is 18.9 Å². The van der Waals surface area contributed by atoms with E-state index in [1.807, 2.05) is 0 Å². The van der Waals surface area contributed by atoms with E-state index in [2.05, 4.69) is 18.7 Å². The summed E-state index contributed by atoms with van der Waals surface area (Å²) >= 11 is 5.93. The highest BCUT2D eigenvalue weighted by Gasteiger charge is 2.13.